The molecule has 0 saturated carbocycles. The highest BCUT2D eigenvalue weighted by Gasteiger charge is 2.44. The number of hydrogen-bond acceptors (Lipinski definition) is 13. The lowest BCUT2D eigenvalue weighted by molar-refractivity contribution is -0.157. The number of nitrogens with zero attached hydrogens (tertiary/aromatic N) is 3. The number of carbonyl (C=O) groups excluding carboxylic acids is 4. The smallest absolute Gasteiger partial charge is 0.306 e. The first kappa shape index (κ1) is 40.4. The minimum absolute atomic E-state index is 0.0110. The fourth-order valence-electron chi connectivity index (χ4n) is 4.73. The highest BCUT2D eigenvalue weighted by atomic mass is 32.2. The van der Waals surface area contributed by atoms with E-state index in [0.29, 0.717) is 19.3 Å². The van der Waals surface area contributed by atoms with E-state index < -0.39 is 49.2 Å². The zero-order valence-electron chi connectivity index (χ0n) is 27.8. The molecule has 268 valence electrons. The van der Waals surface area contributed by atoms with Gasteiger partial charge in [-0.3, -0.25) is 19.2 Å². The third-order valence-corrected chi connectivity index (χ3v) is 8.66. The zero-order valence-corrected chi connectivity index (χ0v) is 28.6. The van der Waals surface area contributed by atoms with Crippen LogP contribution >= 0.6 is 11.8 Å². The lowest BCUT2D eigenvalue weighted by atomic mass is 10.1. The highest BCUT2D eigenvalue weighted by Crippen LogP contribution is 2.29. The maximum Gasteiger partial charge on any atom is 0.306 e. The van der Waals surface area contributed by atoms with Crippen molar-refractivity contribution in [3.05, 3.63) is 6.20 Å². The molecule has 1 saturated heterocycles. The van der Waals surface area contributed by atoms with Crippen LogP contribution in [0.3, 0.4) is 0 Å². The molecule has 2 heterocycles. The Hall–Kier alpha value is -2.79. The van der Waals surface area contributed by atoms with Crippen LogP contribution in [0.4, 0.5) is 5.82 Å². The molecule has 0 aromatic carbocycles. The average Bonchev–Trinajstić information content (AvgIpc) is 3.62. The van der Waals surface area contributed by atoms with Crippen molar-refractivity contribution in [1.82, 2.24) is 20.3 Å². The van der Waals surface area contributed by atoms with E-state index in [9.17, 15) is 34.5 Å². The Balaban J connectivity index is 2.06. The molecule has 15 nitrogen and oxygen atoms in total. The molecule has 0 bridgehead atoms. The van der Waals surface area contributed by atoms with Crippen LogP contribution in [0.2, 0.25) is 0 Å². The number of ether oxygens (including phenoxy) is 3. The second kappa shape index (κ2) is 22.7. The van der Waals surface area contributed by atoms with E-state index in [1.807, 2.05) is 20.8 Å². The summed E-state index contributed by atoms with van der Waals surface area (Å²) in [5.74, 6) is -1.28. The number of hydrogen-bond donors (Lipinski definition) is 5. The van der Waals surface area contributed by atoms with Gasteiger partial charge in [0.2, 0.25) is 11.8 Å². The molecule has 0 aliphatic carbocycles. The number of nitrogens with one attached hydrogen (secondary N) is 2. The molecule has 47 heavy (non-hydrogen) atoms. The molecule has 5 N–H and O–H groups in total. The van der Waals surface area contributed by atoms with Crippen LogP contribution in [0.15, 0.2) is 6.20 Å². The first-order valence-corrected chi connectivity index (χ1v) is 17.9. The minimum Gasteiger partial charge on any atom is -0.462 e. The average molecular weight is 688 g/mol. The van der Waals surface area contributed by atoms with Crippen LogP contribution in [0.1, 0.15) is 104 Å². The lowest BCUT2D eigenvalue weighted by Crippen LogP contribution is -2.45. The number of aromatic nitrogens is 3. The Labute approximate surface area is 280 Å². The Bertz CT molecular complexity index is 1090. The number of aliphatic hydroxyl groups excluding tert-OH is 3. The molecule has 1 aliphatic rings. The van der Waals surface area contributed by atoms with Gasteiger partial charge in [0.15, 0.2) is 12.0 Å². The van der Waals surface area contributed by atoms with Crippen molar-refractivity contribution in [3.63, 3.8) is 0 Å². The Morgan fingerprint density at radius 2 is 1.57 bits per heavy atom. The Kier molecular flexibility index (Phi) is 19.5. The van der Waals surface area contributed by atoms with Crippen molar-refractivity contribution in [1.29, 1.82) is 0 Å². The summed E-state index contributed by atoms with van der Waals surface area (Å²) in [6, 6.07) is -0.995. The standard InChI is InChI=1S/C31H53N5O10S/c1-4-7-10-13-25(38)32-22(30(43)33-24-16-36(35-34-24)31-29(42)28(41)23(17-37)46-31)20-47-19-21(45-27(40)15-12-9-6-3)18-44-26(39)14-11-8-5-2/h16,21-23,28-29,31,37,41-42H,4-15,17-20H2,1-3H3,(H,32,38)(H,33,43)/t21?,22?,23?,28-,29-,31+/m1/s1. The summed E-state index contributed by atoms with van der Waals surface area (Å²) in [7, 11) is 0. The molecule has 3 unspecified atom stereocenters. The van der Waals surface area contributed by atoms with Gasteiger partial charge < -0.3 is 40.2 Å². The number of esters is 2. The molecule has 0 radical (unpaired) electrons. The van der Waals surface area contributed by atoms with Gasteiger partial charge in [0, 0.05) is 30.8 Å². The fourth-order valence-corrected chi connectivity index (χ4v) is 5.76. The number of amides is 2. The van der Waals surface area contributed by atoms with E-state index in [-0.39, 0.29) is 61.0 Å². The number of carbonyl (C=O) groups is 4. The van der Waals surface area contributed by atoms with E-state index in [1.54, 1.807) is 0 Å². The lowest BCUT2D eigenvalue weighted by Gasteiger charge is -2.21. The van der Waals surface area contributed by atoms with Crippen LogP contribution < -0.4 is 10.6 Å². The van der Waals surface area contributed by atoms with E-state index in [4.69, 9.17) is 14.2 Å². The summed E-state index contributed by atoms with van der Waals surface area (Å²) in [6.45, 7) is 5.48. The summed E-state index contributed by atoms with van der Waals surface area (Å²) in [5.41, 5.74) is 0. The second-order valence-corrected chi connectivity index (χ2v) is 12.7. The molecule has 6 atom stereocenters. The van der Waals surface area contributed by atoms with Crippen LogP contribution in [-0.4, -0.2) is 109 Å². The number of aliphatic hydroxyl groups is 3. The molecular formula is C31H53N5O10S. The Morgan fingerprint density at radius 1 is 0.936 bits per heavy atom. The van der Waals surface area contributed by atoms with E-state index in [0.717, 1.165) is 43.2 Å². The number of rotatable bonds is 24. The predicted octanol–water partition coefficient (Wildman–Crippen LogP) is 2.24. The van der Waals surface area contributed by atoms with Gasteiger partial charge in [0.05, 0.1) is 12.8 Å². The van der Waals surface area contributed by atoms with Crippen molar-refractivity contribution >= 4 is 41.3 Å². The summed E-state index contributed by atoms with van der Waals surface area (Å²) in [4.78, 5) is 50.7. The minimum atomic E-state index is -1.38. The molecule has 1 fully saturated rings. The number of thioether (sulfide) groups is 1. The van der Waals surface area contributed by atoms with Gasteiger partial charge in [0.1, 0.15) is 37.1 Å². The predicted molar refractivity (Wildman–Crippen MR) is 174 cm³/mol. The van der Waals surface area contributed by atoms with Crippen molar-refractivity contribution in [2.45, 2.75) is 135 Å². The maximum atomic E-state index is 13.3. The monoisotopic (exact) mass is 687 g/mol. The third-order valence-electron chi connectivity index (χ3n) is 7.48. The van der Waals surface area contributed by atoms with Gasteiger partial charge in [-0.15, -0.1) is 5.10 Å². The van der Waals surface area contributed by atoms with Crippen molar-refractivity contribution in [2.24, 2.45) is 0 Å². The summed E-state index contributed by atoms with van der Waals surface area (Å²) >= 11 is 1.26. The van der Waals surface area contributed by atoms with E-state index in [1.165, 1.54) is 18.0 Å². The molecular weight excluding hydrogens is 634 g/mol. The highest BCUT2D eigenvalue weighted by molar-refractivity contribution is 7.99. The SMILES string of the molecule is CCCCCC(=O)NC(CSCC(COC(=O)CCCCC)OC(=O)CCCCC)C(=O)Nc1cn([C@H]2OC(CO)[C@@H](O)[C@H]2O)nn1. The molecule has 1 aliphatic heterocycles. The van der Waals surface area contributed by atoms with Crippen molar-refractivity contribution in [3.8, 4) is 0 Å². The molecule has 0 spiro atoms. The maximum absolute atomic E-state index is 13.3. The third kappa shape index (κ3) is 14.9. The van der Waals surface area contributed by atoms with Crippen LogP contribution in [0.25, 0.3) is 0 Å². The molecule has 2 rings (SSSR count). The summed E-state index contributed by atoms with van der Waals surface area (Å²) in [6.07, 6.45) is 4.09. The van der Waals surface area contributed by atoms with Crippen molar-refractivity contribution < 1.29 is 48.7 Å². The first-order chi connectivity index (χ1) is 22.6. The summed E-state index contributed by atoms with van der Waals surface area (Å²) < 4.78 is 17.6. The van der Waals surface area contributed by atoms with Crippen LogP contribution in [0, 0.1) is 0 Å². The number of anilines is 1. The van der Waals surface area contributed by atoms with Crippen molar-refractivity contribution in [2.75, 3.05) is 30.0 Å². The summed E-state index contributed by atoms with van der Waals surface area (Å²) in [5, 5.41) is 42.8. The molecule has 16 heteroatoms. The van der Waals surface area contributed by atoms with Gasteiger partial charge in [-0.25, -0.2) is 4.68 Å². The second-order valence-electron chi connectivity index (χ2n) is 11.6. The number of unbranched alkanes of at least 4 members (excludes halogenated alkanes) is 6. The van der Waals surface area contributed by atoms with Gasteiger partial charge in [0.25, 0.3) is 0 Å². The van der Waals surface area contributed by atoms with E-state index >= 15 is 0 Å². The largest absolute Gasteiger partial charge is 0.462 e. The zero-order chi connectivity index (χ0) is 34.6. The molecule has 1 aromatic rings. The van der Waals surface area contributed by atoms with Gasteiger partial charge >= 0.3 is 11.9 Å². The van der Waals surface area contributed by atoms with Gasteiger partial charge in [-0.1, -0.05) is 64.5 Å². The van der Waals surface area contributed by atoms with Crippen LogP contribution in [-0.2, 0) is 33.4 Å². The topological polar surface area (TPSA) is 211 Å². The quantitative estimate of drug-likeness (QED) is 0.0781. The van der Waals surface area contributed by atoms with Crippen LogP contribution in [0.5, 0.6) is 0 Å². The molecule has 1 aromatic heterocycles. The first-order valence-electron chi connectivity index (χ1n) is 16.7. The normalized spacial score (nSPS) is 20.4. The van der Waals surface area contributed by atoms with Gasteiger partial charge in [-0.05, 0) is 19.3 Å². The van der Waals surface area contributed by atoms with Gasteiger partial charge in [-0.2, -0.15) is 11.8 Å². The van der Waals surface area contributed by atoms with E-state index in [2.05, 4.69) is 20.9 Å². The fraction of sp³-hybridized carbons (Fsp3) is 0.806. The Morgan fingerprint density at radius 3 is 2.19 bits per heavy atom. The molecule has 2 amide bonds.